The number of piperidine rings is 1. The number of carbonyl (C=O) groups is 1. The summed E-state index contributed by atoms with van der Waals surface area (Å²) < 4.78 is 44.0. The lowest BCUT2D eigenvalue weighted by Crippen LogP contribution is -2.33. The number of rotatable bonds is 9. The van der Waals surface area contributed by atoms with Gasteiger partial charge in [-0.2, -0.15) is 0 Å². The van der Waals surface area contributed by atoms with E-state index >= 15 is 0 Å². The quantitative estimate of drug-likeness (QED) is 0.192. The lowest BCUT2D eigenvalue weighted by atomic mass is 9.89. The van der Waals surface area contributed by atoms with Crippen molar-refractivity contribution in [2.24, 2.45) is 5.92 Å². The largest absolute Gasteiger partial charge is 0.573 e. The number of likely N-dealkylation sites (tertiary alicyclic amines) is 1. The predicted octanol–water partition coefficient (Wildman–Crippen LogP) is 8.90. The third-order valence-electron chi connectivity index (χ3n) is 7.89. The molecule has 222 valence electrons. The van der Waals surface area contributed by atoms with Crippen LogP contribution in [0.15, 0.2) is 71.2 Å². The molecule has 2 heterocycles. The van der Waals surface area contributed by atoms with E-state index in [1.165, 1.54) is 17.7 Å². The van der Waals surface area contributed by atoms with Crippen LogP contribution in [0.25, 0.3) is 22.2 Å². The summed E-state index contributed by atoms with van der Waals surface area (Å²) in [4.78, 5) is 18.0. The average Bonchev–Trinajstić information content (AvgIpc) is 3.30. The topological polar surface area (TPSA) is 57.4 Å². The summed E-state index contributed by atoms with van der Waals surface area (Å²) in [5.41, 5.74) is 5.74. The van der Waals surface area contributed by atoms with E-state index in [4.69, 9.17) is 0 Å². The van der Waals surface area contributed by atoms with Crippen LogP contribution in [0.3, 0.4) is 0 Å². The Bertz CT molecular complexity index is 1540. The van der Waals surface area contributed by atoms with Gasteiger partial charge >= 0.3 is 6.36 Å². The first kappa shape index (κ1) is 30.2. The van der Waals surface area contributed by atoms with Crippen molar-refractivity contribution in [2.75, 3.05) is 25.0 Å². The molecule has 1 aromatic heterocycles. The number of aryl methyl sites for hydroxylation is 1. The van der Waals surface area contributed by atoms with Crippen molar-refractivity contribution in [1.29, 1.82) is 0 Å². The number of carbonyl (C=O) groups excluding carboxylic acids is 1. The molecule has 2 N–H and O–H groups in total. The lowest BCUT2D eigenvalue weighted by molar-refractivity contribution is -0.274. The summed E-state index contributed by atoms with van der Waals surface area (Å²) in [7, 11) is 0. The van der Waals surface area contributed by atoms with Crippen molar-refractivity contribution in [3.63, 3.8) is 0 Å². The number of aromatic amines is 1. The third kappa shape index (κ3) is 7.36. The Kier molecular flexibility index (Phi) is 9.28. The number of anilines is 1. The number of hydrogen-bond acceptors (Lipinski definition) is 3. The summed E-state index contributed by atoms with van der Waals surface area (Å²) in [5, 5.41) is 3.74. The Balaban J connectivity index is 1.26. The average molecular weight is 643 g/mol. The lowest BCUT2D eigenvalue weighted by Gasteiger charge is -2.32. The number of nitrogens with zero attached hydrogens (tertiary/aromatic N) is 1. The summed E-state index contributed by atoms with van der Waals surface area (Å²) in [6, 6.07) is 20.5. The van der Waals surface area contributed by atoms with Crippen LogP contribution in [0, 0.1) is 5.92 Å². The van der Waals surface area contributed by atoms with Crippen molar-refractivity contribution in [2.45, 2.75) is 51.8 Å². The highest BCUT2D eigenvalue weighted by Crippen LogP contribution is 2.38. The Morgan fingerprint density at radius 1 is 1.07 bits per heavy atom. The molecule has 4 aromatic rings. The Hall–Kier alpha value is -3.30. The first-order valence-corrected chi connectivity index (χ1v) is 15.1. The van der Waals surface area contributed by atoms with Crippen LogP contribution in [-0.4, -0.2) is 41.8 Å². The molecule has 5 nitrogen and oxygen atoms in total. The summed E-state index contributed by atoms with van der Waals surface area (Å²) in [6.45, 7) is 6.62. The minimum absolute atomic E-state index is 0.0176. The molecular formula is C33H35BrF3N3O2. The second kappa shape index (κ2) is 12.9. The molecule has 0 saturated carbocycles. The van der Waals surface area contributed by atoms with Gasteiger partial charge in [0.15, 0.2) is 0 Å². The van der Waals surface area contributed by atoms with Crippen molar-refractivity contribution in [3.8, 4) is 17.0 Å². The number of fused-ring (bicyclic) bond motifs is 1. The number of halogens is 4. The first-order chi connectivity index (χ1) is 20.1. The molecule has 3 aromatic carbocycles. The van der Waals surface area contributed by atoms with Crippen molar-refractivity contribution in [3.05, 3.63) is 82.3 Å². The van der Waals surface area contributed by atoms with Crippen LogP contribution in [-0.2, 0) is 11.2 Å². The van der Waals surface area contributed by atoms with Gasteiger partial charge in [-0.3, -0.25) is 4.79 Å². The first-order valence-electron chi connectivity index (χ1n) is 14.4. The van der Waals surface area contributed by atoms with Crippen LogP contribution in [0.2, 0.25) is 0 Å². The summed E-state index contributed by atoms with van der Waals surface area (Å²) >= 11 is 3.63. The smallest absolute Gasteiger partial charge is 0.406 e. The van der Waals surface area contributed by atoms with Gasteiger partial charge in [0.05, 0.1) is 5.69 Å². The molecule has 0 aliphatic carbocycles. The molecule has 1 aliphatic rings. The van der Waals surface area contributed by atoms with E-state index in [1.807, 2.05) is 50.2 Å². The number of amides is 1. The minimum Gasteiger partial charge on any atom is -0.406 e. The number of alkyl halides is 3. The number of hydrogen-bond donors (Lipinski definition) is 2. The molecule has 0 spiro atoms. The van der Waals surface area contributed by atoms with E-state index < -0.39 is 6.36 Å². The fraction of sp³-hybridized carbons (Fsp3) is 0.364. The highest BCUT2D eigenvalue weighted by molar-refractivity contribution is 9.10. The maximum absolute atomic E-state index is 12.9. The zero-order chi connectivity index (χ0) is 29.9. The Morgan fingerprint density at radius 3 is 2.55 bits per heavy atom. The molecule has 0 bridgehead atoms. The molecule has 0 unspecified atom stereocenters. The highest BCUT2D eigenvalue weighted by Gasteiger charge is 2.31. The van der Waals surface area contributed by atoms with E-state index in [9.17, 15) is 18.0 Å². The Labute approximate surface area is 252 Å². The maximum Gasteiger partial charge on any atom is 0.573 e. The van der Waals surface area contributed by atoms with E-state index in [1.54, 1.807) is 6.07 Å². The van der Waals surface area contributed by atoms with E-state index in [0.717, 1.165) is 76.8 Å². The number of aromatic nitrogens is 1. The molecule has 0 radical (unpaired) electrons. The van der Waals surface area contributed by atoms with Gasteiger partial charge in [-0.25, -0.2) is 0 Å². The molecule has 1 saturated heterocycles. The predicted molar refractivity (Wildman–Crippen MR) is 165 cm³/mol. The summed E-state index contributed by atoms with van der Waals surface area (Å²) in [5.74, 6) is 0.175. The zero-order valence-corrected chi connectivity index (χ0v) is 25.3. The van der Waals surface area contributed by atoms with Gasteiger partial charge in [0.25, 0.3) is 0 Å². The number of H-pyrrole nitrogens is 1. The third-order valence-corrected chi connectivity index (χ3v) is 8.58. The van der Waals surface area contributed by atoms with Gasteiger partial charge < -0.3 is 19.9 Å². The second-order valence-corrected chi connectivity index (χ2v) is 12.1. The molecule has 9 heteroatoms. The second-order valence-electron chi connectivity index (χ2n) is 11.2. The van der Waals surface area contributed by atoms with Gasteiger partial charge in [0.2, 0.25) is 5.91 Å². The molecule has 0 atom stereocenters. The van der Waals surface area contributed by atoms with E-state index in [-0.39, 0.29) is 17.6 Å². The van der Waals surface area contributed by atoms with Gasteiger partial charge in [-0.15, -0.1) is 13.2 Å². The van der Waals surface area contributed by atoms with Gasteiger partial charge in [0.1, 0.15) is 5.75 Å². The van der Waals surface area contributed by atoms with Crippen LogP contribution in [0.5, 0.6) is 5.75 Å². The Morgan fingerprint density at radius 2 is 1.83 bits per heavy atom. The number of benzene rings is 3. The van der Waals surface area contributed by atoms with Crippen molar-refractivity contribution >= 4 is 38.4 Å². The highest BCUT2D eigenvalue weighted by atomic mass is 79.9. The number of nitrogens with one attached hydrogen (secondary N) is 2. The molecule has 1 fully saturated rings. The monoisotopic (exact) mass is 641 g/mol. The van der Waals surface area contributed by atoms with Crippen molar-refractivity contribution in [1.82, 2.24) is 9.88 Å². The molecule has 1 aliphatic heterocycles. The number of ether oxygens (including phenoxy) is 1. The maximum atomic E-state index is 12.9. The van der Waals surface area contributed by atoms with Crippen LogP contribution >= 0.6 is 15.9 Å². The zero-order valence-electron chi connectivity index (χ0n) is 23.7. The minimum atomic E-state index is -4.75. The van der Waals surface area contributed by atoms with Crippen LogP contribution in [0.1, 0.15) is 50.2 Å². The van der Waals surface area contributed by atoms with Gasteiger partial charge in [-0.1, -0.05) is 60.1 Å². The van der Waals surface area contributed by atoms with Crippen LogP contribution in [0.4, 0.5) is 18.9 Å². The van der Waals surface area contributed by atoms with Crippen molar-refractivity contribution < 1.29 is 22.7 Å². The van der Waals surface area contributed by atoms with E-state index in [2.05, 4.69) is 48.0 Å². The van der Waals surface area contributed by atoms with Gasteiger partial charge in [0, 0.05) is 32.5 Å². The molecule has 1 amide bonds. The van der Waals surface area contributed by atoms with Crippen LogP contribution < -0.4 is 10.1 Å². The standard InChI is InChI=1S/C33H35BrF3N3O2/c1-21(2)32(41)38-24-8-5-7-23(19-24)22-14-17-40(18-15-22)16-6-10-26-28-20-25(42-33(35,36)37)12-13-30(28)39-31(26)27-9-3-4-11-29(27)34/h3-5,7-9,11-13,19-22,39H,6,10,14-18H2,1-2H3,(H,38,41). The molecule has 5 rings (SSSR count). The SMILES string of the molecule is CC(C)C(=O)Nc1cccc(C2CCN(CCCc3c(-c4ccccc4Br)[nH]c4ccc(OC(F)(F)F)cc34)CC2)c1. The fourth-order valence-corrected chi connectivity index (χ4v) is 6.19. The normalized spacial score (nSPS) is 14.9. The van der Waals surface area contributed by atoms with Gasteiger partial charge in [-0.05, 0) is 98.8 Å². The summed E-state index contributed by atoms with van der Waals surface area (Å²) in [6.07, 6.45) is -1.09. The fourth-order valence-electron chi connectivity index (χ4n) is 5.70. The molecule has 42 heavy (non-hydrogen) atoms. The molecular weight excluding hydrogens is 607 g/mol. The van der Waals surface area contributed by atoms with E-state index in [0.29, 0.717) is 12.3 Å².